The molecule has 1 amide bonds. The lowest BCUT2D eigenvalue weighted by molar-refractivity contribution is 0.0927. The Bertz CT molecular complexity index is 1550. The van der Waals surface area contributed by atoms with E-state index in [0.717, 1.165) is 69.9 Å². The fourth-order valence-electron chi connectivity index (χ4n) is 5.19. The quantitative estimate of drug-likeness (QED) is 0.367. The number of sulfone groups is 1. The topological polar surface area (TPSA) is 91.9 Å². The van der Waals surface area contributed by atoms with Gasteiger partial charge < -0.3 is 10.3 Å². The minimum absolute atomic E-state index is 0.0327. The van der Waals surface area contributed by atoms with Crippen LogP contribution in [0.3, 0.4) is 0 Å². The van der Waals surface area contributed by atoms with Crippen molar-refractivity contribution < 1.29 is 13.2 Å². The van der Waals surface area contributed by atoms with Crippen LogP contribution in [0.15, 0.2) is 47.5 Å². The first-order valence-electron chi connectivity index (χ1n) is 12.3. The third kappa shape index (κ3) is 4.33. The van der Waals surface area contributed by atoms with Gasteiger partial charge in [0.2, 0.25) is 0 Å². The molecule has 1 fully saturated rings. The smallest absolute Gasteiger partial charge is 0.251 e. The maximum absolute atomic E-state index is 13.5. The molecule has 6 nitrogen and oxygen atoms in total. The predicted octanol–water partition coefficient (Wildman–Crippen LogP) is 5.86. The highest BCUT2D eigenvalue weighted by atomic mass is 32.2. The monoisotopic (exact) mass is 489 g/mol. The number of amides is 1. The zero-order chi connectivity index (χ0) is 24.7. The van der Waals surface area contributed by atoms with Crippen LogP contribution in [-0.4, -0.2) is 36.1 Å². The van der Waals surface area contributed by atoms with E-state index in [1.165, 1.54) is 6.42 Å². The number of aryl methyl sites for hydroxylation is 2. The number of nitrogens with one attached hydrogen (secondary N) is 2. The molecule has 2 aromatic carbocycles. The molecule has 2 heterocycles. The lowest BCUT2D eigenvalue weighted by Gasteiger charge is -2.23. The van der Waals surface area contributed by atoms with Crippen LogP contribution in [0.25, 0.3) is 33.1 Å². The summed E-state index contributed by atoms with van der Waals surface area (Å²) >= 11 is 0. The summed E-state index contributed by atoms with van der Waals surface area (Å²) in [6.07, 6.45) is 7.33. The van der Waals surface area contributed by atoms with E-state index < -0.39 is 9.84 Å². The molecule has 0 saturated heterocycles. The van der Waals surface area contributed by atoms with Crippen molar-refractivity contribution in [1.82, 2.24) is 15.3 Å². The second-order valence-corrected chi connectivity index (χ2v) is 11.9. The van der Waals surface area contributed by atoms with Gasteiger partial charge in [0, 0.05) is 28.6 Å². The normalized spacial score (nSPS) is 15.1. The van der Waals surface area contributed by atoms with Gasteiger partial charge in [-0.05, 0) is 73.2 Å². The van der Waals surface area contributed by atoms with Gasteiger partial charge in [0.1, 0.15) is 5.65 Å². The van der Waals surface area contributed by atoms with Crippen molar-refractivity contribution in [2.45, 2.75) is 63.8 Å². The second kappa shape index (κ2) is 9.11. The molecule has 5 rings (SSSR count). The van der Waals surface area contributed by atoms with E-state index in [0.29, 0.717) is 5.56 Å². The Morgan fingerprint density at radius 2 is 1.89 bits per heavy atom. The number of carbonyl (C=O) groups excluding carboxylic acids is 1. The molecule has 0 aliphatic heterocycles. The summed E-state index contributed by atoms with van der Waals surface area (Å²) in [4.78, 5) is 21.8. The fourth-order valence-corrected chi connectivity index (χ4v) is 6.12. The van der Waals surface area contributed by atoms with E-state index in [9.17, 15) is 13.2 Å². The van der Waals surface area contributed by atoms with Crippen molar-refractivity contribution in [3.05, 3.63) is 59.3 Å². The van der Waals surface area contributed by atoms with Crippen molar-refractivity contribution in [2.75, 3.05) is 5.75 Å². The molecule has 0 radical (unpaired) electrons. The molecule has 35 heavy (non-hydrogen) atoms. The van der Waals surface area contributed by atoms with Crippen LogP contribution in [0.2, 0.25) is 0 Å². The van der Waals surface area contributed by atoms with Crippen molar-refractivity contribution in [1.29, 1.82) is 0 Å². The zero-order valence-corrected chi connectivity index (χ0v) is 21.3. The van der Waals surface area contributed by atoms with Gasteiger partial charge in [0.15, 0.2) is 9.84 Å². The molecule has 2 aromatic heterocycles. The lowest BCUT2D eigenvalue weighted by atomic mass is 9.92. The van der Waals surface area contributed by atoms with Crippen LogP contribution in [0.1, 0.15) is 60.5 Å². The van der Waals surface area contributed by atoms with Gasteiger partial charge in [-0.15, -0.1) is 0 Å². The van der Waals surface area contributed by atoms with Crippen LogP contribution < -0.4 is 5.32 Å². The number of H-pyrrole nitrogens is 1. The molecule has 4 aromatic rings. The molecular weight excluding hydrogens is 458 g/mol. The average Bonchev–Trinajstić information content (AvgIpc) is 3.24. The van der Waals surface area contributed by atoms with E-state index in [4.69, 9.17) is 0 Å². The van der Waals surface area contributed by atoms with Gasteiger partial charge >= 0.3 is 0 Å². The van der Waals surface area contributed by atoms with Gasteiger partial charge in [-0.25, -0.2) is 13.4 Å². The van der Waals surface area contributed by atoms with E-state index in [2.05, 4.69) is 21.4 Å². The van der Waals surface area contributed by atoms with Crippen LogP contribution in [-0.2, 0) is 9.84 Å². The van der Waals surface area contributed by atoms with E-state index in [-0.39, 0.29) is 22.6 Å². The molecule has 0 unspecified atom stereocenters. The van der Waals surface area contributed by atoms with Crippen LogP contribution in [0.5, 0.6) is 0 Å². The van der Waals surface area contributed by atoms with E-state index in [1.807, 2.05) is 32.2 Å². The number of rotatable bonds is 5. The third-order valence-electron chi connectivity index (χ3n) is 7.19. The van der Waals surface area contributed by atoms with Crippen LogP contribution in [0, 0.1) is 13.8 Å². The molecular formula is C28H31N3O3S. The third-order valence-corrected chi connectivity index (χ3v) is 8.93. The Morgan fingerprint density at radius 1 is 1.11 bits per heavy atom. The number of hydrogen-bond donors (Lipinski definition) is 2. The van der Waals surface area contributed by atoms with Gasteiger partial charge in [-0.3, -0.25) is 4.79 Å². The van der Waals surface area contributed by atoms with Crippen molar-refractivity contribution >= 4 is 37.7 Å². The Balaban J connectivity index is 1.74. The van der Waals surface area contributed by atoms with Crippen molar-refractivity contribution in [3.63, 3.8) is 0 Å². The molecule has 182 valence electrons. The summed E-state index contributed by atoms with van der Waals surface area (Å²) in [7, 11) is -3.37. The molecule has 1 saturated carbocycles. The summed E-state index contributed by atoms with van der Waals surface area (Å²) in [5.74, 6) is -0.0527. The number of aromatic amines is 1. The summed E-state index contributed by atoms with van der Waals surface area (Å²) in [5.41, 5.74) is 5.69. The Morgan fingerprint density at radius 3 is 2.63 bits per heavy atom. The zero-order valence-electron chi connectivity index (χ0n) is 20.4. The van der Waals surface area contributed by atoms with Crippen molar-refractivity contribution in [2.24, 2.45) is 0 Å². The number of fused-ring (bicyclic) bond motifs is 3. The summed E-state index contributed by atoms with van der Waals surface area (Å²) in [5, 5.41) is 5.15. The molecule has 1 aliphatic carbocycles. The highest BCUT2D eigenvalue weighted by Gasteiger charge is 2.23. The summed E-state index contributed by atoms with van der Waals surface area (Å²) in [6, 6.07) is 11.2. The number of nitrogens with zero attached hydrogens (tertiary/aromatic N) is 1. The maximum Gasteiger partial charge on any atom is 0.251 e. The van der Waals surface area contributed by atoms with Gasteiger partial charge in [0.25, 0.3) is 5.91 Å². The second-order valence-electron chi connectivity index (χ2n) is 9.62. The number of aromatic nitrogens is 2. The van der Waals surface area contributed by atoms with Gasteiger partial charge in [-0.1, -0.05) is 38.3 Å². The average molecular weight is 490 g/mol. The number of hydrogen-bond acceptors (Lipinski definition) is 4. The van der Waals surface area contributed by atoms with Gasteiger partial charge in [-0.2, -0.15) is 0 Å². The first-order valence-corrected chi connectivity index (χ1v) is 14.0. The number of pyridine rings is 1. The lowest BCUT2D eigenvalue weighted by Crippen LogP contribution is -2.36. The maximum atomic E-state index is 13.5. The minimum atomic E-state index is -3.37. The Labute approximate surface area is 206 Å². The Kier molecular flexibility index (Phi) is 6.13. The SMILES string of the molecule is CCS(=O)(=O)c1cccc(-c2cc(C(=O)NC3CCCCC3)c(C)c3[nH]c4ncc(C)cc4c23)c1. The number of carbonyl (C=O) groups is 1. The molecule has 2 N–H and O–H groups in total. The molecule has 0 spiro atoms. The van der Waals surface area contributed by atoms with Crippen LogP contribution >= 0.6 is 0 Å². The first kappa shape index (κ1) is 23.5. The van der Waals surface area contributed by atoms with E-state index in [1.54, 1.807) is 25.1 Å². The van der Waals surface area contributed by atoms with Crippen molar-refractivity contribution in [3.8, 4) is 11.1 Å². The molecule has 1 aliphatic rings. The minimum Gasteiger partial charge on any atom is -0.349 e. The Hall–Kier alpha value is -3.19. The first-order chi connectivity index (χ1) is 16.8. The molecule has 0 bridgehead atoms. The fraction of sp³-hybridized carbons (Fsp3) is 0.357. The molecule has 7 heteroatoms. The predicted molar refractivity (Wildman–Crippen MR) is 141 cm³/mol. The summed E-state index contributed by atoms with van der Waals surface area (Å²) < 4.78 is 25.3. The highest BCUT2D eigenvalue weighted by Crippen LogP contribution is 2.38. The van der Waals surface area contributed by atoms with E-state index >= 15 is 0 Å². The highest BCUT2D eigenvalue weighted by molar-refractivity contribution is 7.91. The largest absolute Gasteiger partial charge is 0.349 e. The van der Waals surface area contributed by atoms with Gasteiger partial charge in [0.05, 0.1) is 16.2 Å². The standard InChI is InChI=1S/C28H31N3O3S/c1-4-35(33,34)21-12-8-9-19(14-21)23-15-22(28(32)30-20-10-6-5-7-11-20)18(3)26-25(23)24-13-17(2)16-29-27(24)31-26/h8-9,12-16,20H,4-7,10-11H2,1-3H3,(H,29,31)(H,30,32). The molecule has 0 atom stereocenters. The number of benzene rings is 2. The summed E-state index contributed by atoms with van der Waals surface area (Å²) in [6.45, 7) is 5.61. The van der Waals surface area contributed by atoms with Crippen LogP contribution in [0.4, 0.5) is 0 Å².